The smallest absolute Gasteiger partial charge is 0.130 e. The maximum atomic E-state index is 8.55. The van der Waals surface area contributed by atoms with Crippen LogP contribution in [0.25, 0.3) is 0 Å². The van der Waals surface area contributed by atoms with Crippen LogP contribution in [0.3, 0.4) is 0 Å². The minimum absolute atomic E-state index is 0.0979. The number of nitrogens with one attached hydrogen (secondary N) is 1. The molecule has 5 heteroatoms. The highest BCUT2D eigenvalue weighted by Gasteiger charge is 1.97. The van der Waals surface area contributed by atoms with E-state index in [2.05, 4.69) is 31.2 Å². The number of rotatable bonds is 3. The number of hydrogen-bond acceptors (Lipinski definition) is 4. The summed E-state index contributed by atoms with van der Waals surface area (Å²) in [6, 6.07) is 1.77. The molecule has 1 aromatic heterocycles. The molecule has 2 N–H and O–H groups in total. The van der Waals surface area contributed by atoms with Gasteiger partial charge in [-0.3, -0.25) is 0 Å². The number of aliphatic hydroxyl groups is 1. The molecule has 0 aromatic carbocycles. The monoisotopic (exact) mass is 231 g/mol. The summed E-state index contributed by atoms with van der Waals surface area (Å²) in [5.74, 6) is 1.42. The van der Waals surface area contributed by atoms with E-state index in [1.807, 2.05) is 6.92 Å². The summed E-state index contributed by atoms with van der Waals surface area (Å²) in [4.78, 5) is 8.15. The summed E-state index contributed by atoms with van der Waals surface area (Å²) in [5, 5.41) is 11.5. The van der Waals surface area contributed by atoms with Gasteiger partial charge in [-0.1, -0.05) is 0 Å². The van der Waals surface area contributed by atoms with Crippen LogP contribution in [0.5, 0.6) is 0 Å². The van der Waals surface area contributed by atoms with E-state index in [-0.39, 0.29) is 6.61 Å². The first-order valence-electron chi connectivity index (χ1n) is 3.58. The predicted molar refractivity (Wildman–Crippen MR) is 50.0 cm³/mol. The van der Waals surface area contributed by atoms with Gasteiger partial charge in [0.05, 0.1) is 6.61 Å². The van der Waals surface area contributed by atoms with E-state index in [4.69, 9.17) is 5.11 Å². The van der Waals surface area contributed by atoms with Gasteiger partial charge in [0.1, 0.15) is 16.2 Å². The largest absolute Gasteiger partial charge is 0.395 e. The molecule has 0 unspecified atom stereocenters. The van der Waals surface area contributed by atoms with Gasteiger partial charge in [0, 0.05) is 12.6 Å². The van der Waals surface area contributed by atoms with E-state index < -0.39 is 0 Å². The summed E-state index contributed by atoms with van der Waals surface area (Å²) >= 11 is 3.25. The summed E-state index contributed by atoms with van der Waals surface area (Å²) in [7, 11) is 0. The maximum absolute atomic E-state index is 8.55. The molecular formula is C7H10BrN3O. The minimum atomic E-state index is 0.0979. The average Bonchev–Trinajstić information content (AvgIpc) is 1.99. The fourth-order valence-electron chi connectivity index (χ4n) is 0.806. The molecule has 0 aliphatic rings. The molecule has 0 amide bonds. The third-order valence-electron chi connectivity index (χ3n) is 1.22. The zero-order valence-electron chi connectivity index (χ0n) is 6.71. The second-order valence-corrected chi connectivity index (χ2v) is 3.09. The third kappa shape index (κ3) is 2.75. The van der Waals surface area contributed by atoms with E-state index in [0.29, 0.717) is 12.4 Å². The fourth-order valence-corrected chi connectivity index (χ4v) is 1.28. The van der Waals surface area contributed by atoms with Crippen LogP contribution in [0, 0.1) is 6.92 Å². The molecule has 66 valence electrons. The van der Waals surface area contributed by atoms with Gasteiger partial charge >= 0.3 is 0 Å². The Bertz CT molecular complexity index is 247. The summed E-state index contributed by atoms with van der Waals surface area (Å²) in [6.07, 6.45) is 0. The van der Waals surface area contributed by atoms with Crippen molar-refractivity contribution in [3.63, 3.8) is 0 Å². The lowest BCUT2D eigenvalue weighted by Crippen LogP contribution is -2.07. The first-order chi connectivity index (χ1) is 5.72. The molecule has 12 heavy (non-hydrogen) atoms. The van der Waals surface area contributed by atoms with Crippen molar-refractivity contribution in [3.8, 4) is 0 Å². The Hall–Kier alpha value is -0.680. The number of aromatic nitrogens is 2. The molecule has 0 aliphatic carbocycles. The first-order valence-corrected chi connectivity index (χ1v) is 4.37. The van der Waals surface area contributed by atoms with Gasteiger partial charge in [0.2, 0.25) is 0 Å². The number of nitrogens with zero attached hydrogens (tertiary/aromatic N) is 2. The number of hydrogen-bond donors (Lipinski definition) is 2. The highest BCUT2D eigenvalue weighted by atomic mass is 79.9. The fraction of sp³-hybridized carbons (Fsp3) is 0.429. The van der Waals surface area contributed by atoms with Crippen LogP contribution in [-0.2, 0) is 0 Å². The lowest BCUT2D eigenvalue weighted by atomic mass is 10.5. The Morgan fingerprint density at radius 2 is 2.33 bits per heavy atom. The second kappa shape index (κ2) is 4.37. The lowest BCUT2D eigenvalue weighted by Gasteiger charge is -2.03. The van der Waals surface area contributed by atoms with Crippen LogP contribution < -0.4 is 5.32 Å². The number of aliphatic hydroxyl groups excluding tert-OH is 1. The Labute approximate surface area is 79.2 Å². The number of aryl methyl sites for hydroxylation is 1. The van der Waals surface area contributed by atoms with Crippen LogP contribution in [0.15, 0.2) is 10.7 Å². The average molecular weight is 232 g/mol. The zero-order chi connectivity index (χ0) is 8.97. The van der Waals surface area contributed by atoms with E-state index in [1.165, 1.54) is 0 Å². The molecular weight excluding hydrogens is 222 g/mol. The van der Waals surface area contributed by atoms with Crippen molar-refractivity contribution >= 4 is 21.7 Å². The van der Waals surface area contributed by atoms with Crippen molar-refractivity contribution < 1.29 is 5.11 Å². The van der Waals surface area contributed by atoms with Crippen molar-refractivity contribution in [2.24, 2.45) is 0 Å². The Balaban J connectivity index is 2.72. The van der Waals surface area contributed by atoms with Crippen molar-refractivity contribution in [2.75, 3.05) is 18.5 Å². The summed E-state index contributed by atoms with van der Waals surface area (Å²) < 4.78 is 0.746. The van der Waals surface area contributed by atoms with Gasteiger partial charge in [-0.15, -0.1) is 0 Å². The molecule has 1 rings (SSSR count). The highest BCUT2D eigenvalue weighted by molar-refractivity contribution is 9.10. The Kier molecular flexibility index (Phi) is 3.43. The minimum Gasteiger partial charge on any atom is -0.395 e. The molecule has 0 saturated heterocycles. The quantitative estimate of drug-likeness (QED) is 0.762. The van der Waals surface area contributed by atoms with Gasteiger partial charge in [-0.05, 0) is 22.9 Å². The second-order valence-electron chi connectivity index (χ2n) is 2.27. The van der Waals surface area contributed by atoms with Crippen LogP contribution >= 0.6 is 15.9 Å². The highest BCUT2D eigenvalue weighted by Crippen LogP contribution is 2.11. The van der Waals surface area contributed by atoms with Crippen LogP contribution in [0.1, 0.15) is 5.82 Å². The van der Waals surface area contributed by atoms with Crippen molar-refractivity contribution in [1.82, 2.24) is 9.97 Å². The van der Waals surface area contributed by atoms with E-state index in [9.17, 15) is 0 Å². The Morgan fingerprint density at radius 1 is 1.58 bits per heavy atom. The van der Waals surface area contributed by atoms with Crippen molar-refractivity contribution in [3.05, 3.63) is 16.5 Å². The molecule has 0 fully saturated rings. The maximum Gasteiger partial charge on any atom is 0.130 e. The first kappa shape index (κ1) is 9.41. The van der Waals surface area contributed by atoms with Gasteiger partial charge in [-0.2, -0.15) is 0 Å². The van der Waals surface area contributed by atoms with Crippen LogP contribution in [-0.4, -0.2) is 28.2 Å². The molecule has 0 atom stereocenters. The standard InChI is InChI=1S/C7H10BrN3O/c1-5-10-6(8)4-7(11-5)9-2-3-12/h4,12H,2-3H2,1H3,(H,9,10,11). The molecule has 0 bridgehead atoms. The topological polar surface area (TPSA) is 58.0 Å². The van der Waals surface area contributed by atoms with Gasteiger partial charge < -0.3 is 10.4 Å². The molecule has 4 nitrogen and oxygen atoms in total. The molecule has 0 saturated carbocycles. The SMILES string of the molecule is Cc1nc(Br)cc(NCCO)n1. The molecule has 0 aliphatic heterocycles. The van der Waals surface area contributed by atoms with Crippen LogP contribution in [0.2, 0.25) is 0 Å². The van der Waals surface area contributed by atoms with E-state index in [1.54, 1.807) is 6.07 Å². The molecule has 0 spiro atoms. The molecule has 0 radical (unpaired) electrons. The van der Waals surface area contributed by atoms with Crippen molar-refractivity contribution in [2.45, 2.75) is 6.92 Å². The Morgan fingerprint density at radius 3 is 2.92 bits per heavy atom. The summed E-state index contributed by atoms with van der Waals surface area (Å²) in [5.41, 5.74) is 0. The van der Waals surface area contributed by atoms with Crippen LogP contribution in [0.4, 0.5) is 5.82 Å². The van der Waals surface area contributed by atoms with E-state index in [0.717, 1.165) is 10.4 Å². The molecule has 1 heterocycles. The van der Waals surface area contributed by atoms with Gasteiger partial charge in [-0.25, -0.2) is 9.97 Å². The third-order valence-corrected chi connectivity index (χ3v) is 1.63. The number of anilines is 1. The van der Waals surface area contributed by atoms with E-state index >= 15 is 0 Å². The lowest BCUT2D eigenvalue weighted by molar-refractivity contribution is 0.311. The molecule has 1 aromatic rings. The van der Waals surface area contributed by atoms with Gasteiger partial charge in [0.25, 0.3) is 0 Å². The zero-order valence-corrected chi connectivity index (χ0v) is 8.30. The van der Waals surface area contributed by atoms with Gasteiger partial charge in [0.15, 0.2) is 0 Å². The van der Waals surface area contributed by atoms with Crippen molar-refractivity contribution in [1.29, 1.82) is 0 Å². The summed E-state index contributed by atoms with van der Waals surface area (Å²) in [6.45, 7) is 2.42. The predicted octanol–water partition coefficient (Wildman–Crippen LogP) is 0.952. The normalized spacial score (nSPS) is 9.92. The number of halogens is 1.